The lowest BCUT2D eigenvalue weighted by Crippen LogP contribution is -2.09. The SMILES string of the molecule is CCn1ccnc1CC(=O)c1cccc(Cl)c1. The molecule has 0 saturated heterocycles. The lowest BCUT2D eigenvalue weighted by Gasteiger charge is -2.04. The molecule has 0 fully saturated rings. The molecule has 0 bridgehead atoms. The van der Waals surface area contributed by atoms with Crippen molar-refractivity contribution in [2.24, 2.45) is 0 Å². The summed E-state index contributed by atoms with van der Waals surface area (Å²) < 4.78 is 1.96. The Balaban J connectivity index is 2.17. The van der Waals surface area contributed by atoms with Crippen LogP contribution in [-0.4, -0.2) is 15.3 Å². The van der Waals surface area contributed by atoms with Crippen LogP contribution in [0.25, 0.3) is 0 Å². The maximum absolute atomic E-state index is 12.0. The number of aryl methyl sites for hydroxylation is 1. The van der Waals surface area contributed by atoms with Crippen molar-refractivity contribution in [1.82, 2.24) is 9.55 Å². The number of ketones is 1. The maximum Gasteiger partial charge on any atom is 0.170 e. The number of carbonyl (C=O) groups is 1. The molecule has 0 atom stereocenters. The molecule has 0 aliphatic heterocycles. The number of halogens is 1. The summed E-state index contributed by atoms with van der Waals surface area (Å²) in [5.41, 5.74) is 0.628. The van der Waals surface area contributed by atoms with Crippen molar-refractivity contribution in [2.75, 3.05) is 0 Å². The van der Waals surface area contributed by atoms with E-state index in [4.69, 9.17) is 11.6 Å². The molecule has 4 heteroatoms. The second kappa shape index (κ2) is 5.15. The predicted molar refractivity (Wildman–Crippen MR) is 67.4 cm³/mol. The van der Waals surface area contributed by atoms with Crippen LogP contribution >= 0.6 is 11.6 Å². The minimum atomic E-state index is 0.0356. The number of hydrogen-bond acceptors (Lipinski definition) is 2. The molecule has 0 amide bonds. The number of hydrogen-bond donors (Lipinski definition) is 0. The first-order chi connectivity index (χ1) is 8.20. The highest BCUT2D eigenvalue weighted by molar-refractivity contribution is 6.31. The van der Waals surface area contributed by atoms with E-state index in [0.717, 1.165) is 12.4 Å². The molecule has 0 N–H and O–H groups in total. The Morgan fingerprint density at radius 3 is 3.00 bits per heavy atom. The molecular formula is C13H13ClN2O. The smallest absolute Gasteiger partial charge is 0.170 e. The molecule has 0 aliphatic rings. The van der Waals surface area contributed by atoms with Crippen molar-refractivity contribution in [3.8, 4) is 0 Å². The van der Waals surface area contributed by atoms with E-state index < -0.39 is 0 Å². The molecule has 88 valence electrons. The van der Waals surface area contributed by atoms with Crippen LogP contribution in [0.4, 0.5) is 0 Å². The molecule has 1 aromatic heterocycles. The molecule has 0 spiro atoms. The first-order valence-electron chi connectivity index (χ1n) is 5.49. The topological polar surface area (TPSA) is 34.9 Å². The maximum atomic E-state index is 12.0. The first kappa shape index (κ1) is 11.9. The van der Waals surface area contributed by atoms with Gasteiger partial charge < -0.3 is 4.57 Å². The minimum absolute atomic E-state index is 0.0356. The number of carbonyl (C=O) groups excluding carboxylic acids is 1. The monoisotopic (exact) mass is 248 g/mol. The van der Waals surface area contributed by atoms with Gasteiger partial charge in [-0.2, -0.15) is 0 Å². The van der Waals surface area contributed by atoms with Crippen molar-refractivity contribution in [3.63, 3.8) is 0 Å². The highest BCUT2D eigenvalue weighted by Gasteiger charge is 2.10. The fourth-order valence-electron chi connectivity index (χ4n) is 1.70. The summed E-state index contributed by atoms with van der Waals surface area (Å²) in [5.74, 6) is 0.825. The zero-order valence-electron chi connectivity index (χ0n) is 9.56. The number of nitrogens with zero attached hydrogens (tertiary/aromatic N) is 2. The Kier molecular flexibility index (Phi) is 3.59. The van der Waals surface area contributed by atoms with Crippen molar-refractivity contribution >= 4 is 17.4 Å². The van der Waals surface area contributed by atoms with Crippen LogP contribution in [0.2, 0.25) is 5.02 Å². The summed E-state index contributed by atoms with van der Waals surface area (Å²) in [7, 11) is 0. The second-order valence-electron chi connectivity index (χ2n) is 3.74. The van der Waals surface area contributed by atoms with Gasteiger partial charge in [-0.3, -0.25) is 4.79 Å². The molecule has 2 rings (SSSR count). The quantitative estimate of drug-likeness (QED) is 0.780. The molecule has 17 heavy (non-hydrogen) atoms. The minimum Gasteiger partial charge on any atom is -0.335 e. The summed E-state index contributed by atoms with van der Waals surface area (Å²) >= 11 is 5.86. The largest absolute Gasteiger partial charge is 0.335 e. The molecule has 1 aromatic carbocycles. The van der Waals surface area contributed by atoms with Crippen molar-refractivity contribution < 1.29 is 4.79 Å². The third-order valence-corrected chi connectivity index (χ3v) is 2.84. The summed E-state index contributed by atoms with van der Waals surface area (Å²) in [6, 6.07) is 6.99. The van der Waals surface area contributed by atoms with Gasteiger partial charge in [0.1, 0.15) is 5.82 Å². The Morgan fingerprint density at radius 1 is 1.47 bits per heavy atom. The van der Waals surface area contributed by atoms with Gasteiger partial charge in [0.25, 0.3) is 0 Å². The van der Waals surface area contributed by atoms with Gasteiger partial charge >= 0.3 is 0 Å². The van der Waals surface area contributed by atoms with Gasteiger partial charge in [0, 0.05) is 29.5 Å². The Bertz CT molecular complexity index is 534. The van der Waals surface area contributed by atoms with Crippen LogP contribution in [0.5, 0.6) is 0 Å². The molecule has 0 unspecified atom stereocenters. The lowest BCUT2D eigenvalue weighted by molar-refractivity contribution is 0.0990. The zero-order chi connectivity index (χ0) is 12.3. The van der Waals surface area contributed by atoms with Gasteiger partial charge in [0.2, 0.25) is 0 Å². The number of aromatic nitrogens is 2. The van der Waals surface area contributed by atoms with Gasteiger partial charge in [-0.1, -0.05) is 23.7 Å². The fraction of sp³-hybridized carbons (Fsp3) is 0.231. The van der Waals surface area contributed by atoms with Crippen LogP contribution in [0.1, 0.15) is 23.1 Å². The number of benzene rings is 1. The Hall–Kier alpha value is -1.61. The summed E-state index contributed by atoms with van der Waals surface area (Å²) in [6.07, 6.45) is 3.89. The van der Waals surface area contributed by atoms with Gasteiger partial charge in [0.15, 0.2) is 5.78 Å². The molecular weight excluding hydrogens is 236 g/mol. The second-order valence-corrected chi connectivity index (χ2v) is 4.18. The van der Waals surface area contributed by atoms with Gasteiger partial charge in [-0.15, -0.1) is 0 Å². The summed E-state index contributed by atoms with van der Waals surface area (Å²) in [4.78, 5) is 16.2. The van der Waals surface area contributed by atoms with E-state index in [9.17, 15) is 4.79 Å². The average molecular weight is 249 g/mol. The summed E-state index contributed by atoms with van der Waals surface area (Å²) in [6.45, 7) is 2.84. The van der Waals surface area contributed by atoms with E-state index in [1.807, 2.05) is 17.7 Å². The van der Waals surface area contributed by atoms with Crippen LogP contribution in [0.3, 0.4) is 0 Å². The number of rotatable bonds is 4. The van der Waals surface area contributed by atoms with Gasteiger partial charge in [-0.05, 0) is 19.1 Å². The van der Waals surface area contributed by atoms with E-state index in [1.54, 1.807) is 30.5 Å². The van der Waals surface area contributed by atoms with Crippen LogP contribution in [0, 0.1) is 0 Å². The number of imidazole rings is 1. The molecule has 0 aliphatic carbocycles. The average Bonchev–Trinajstić information content (AvgIpc) is 2.76. The molecule has 2 aromatic rings. The zero-order valence-corrected chi connectivity index (χ0v) is 10.3. The molecule has 0 radical (unpaired) electrons. The third kappa shape index (κ3) is 2.74. The van der Waals surface area contributed by atoms with Crippen LogP contribution in [0.15, 0.2) is 36.7 Å². The summed E-state index contributed by atoms with van der Waals surface area (Å²) in [5, 5.41) is 0.578. The van der Waals surface area contributed by atoms with Crippen LogP contribution in [-0.2, 0) is 13.0 Å². The van der Waals surface area contributed by atoms with Crippen LogP contribution < -0.4 is 0 Å². The number of Topliss-reactive ketones (excluding diaryl/α,β-unsaturated/α-hetero) is 1. The standard InChI is InChI=1S/C13H13ClN2O/c1-2-16-7-6-15-13(16)9-12(17)10-4-3-5-11(14)8-10/h3-8H,2,9H2,1H3. The van der Waals surface area contributed by atoms with Gasteiger partial charge in [-0.25, -0.2) is 4.98 Å². The molecule has 3 nitrogen and oxygen atoms in total. The molecule has 1 heterocycles. The predicted octanol–water partition coefficient (Wildman–Crippen LogP) is 2.98. The van der Waals surface area contributed by atoms with Crippen molar-refractivity contribution in [1.29, 1.82) is 0 Å². The highest BCUT2D eigenvalue weighted by Crippen LogP contribution is 2.13. The van der Waals surface area contributed by atoms with Gasteiger partial charge in [0.05, 0.1) is 6.42 Å². The Labute approximate surface area is 105 Å². The fourth-order valence-corrected chi connectivity index (χ4v) is 1.89. The van der Waals surface area contributed by atoms with E-state index >= 15 is 0 Å². The van der Waals surface area contributed by atoms with E-state index in [-0.39, 0.29) is 5.78 Å². The lowest BCUT2D eigenvalue weighted by atomic mass is 10.1. The van der Waals surface area contributed by atoms with Crippen molar-refractivity contribution in [2.45, 2.75) is 19.9 Å². The van der Waals surface area contributed by atoms with Crippen molar-refractivity contribution in [3.05, 3.63) is 53.1 Å². The first-order valence-corrected chi connectivity index (χ1v) is 5.87. The van der Waals surface area contributed by atoms with E-state index in [1.165, 1.54) is 0 Å². The Morgan fingerprint density at radius 2 is 2.29 bits per heavy atom. The third-order valence-electron chi connectivity index (χ3n) is 2.61. The van der Waals surface area contributed by atoms with E-state index in [2.05, 4.69) is 4.98 Å². The molecule has 0 saturated carbocycles. The van der Waals surface area contributed by atoms with E-state index in [0.29, 0.717) is 17.0 Å². The highest BCUT2D eigenvalue weighted by atomic mass is 35.5. The normalized spacial score (nSPS) is 10.5.